The first kappa shape index (κ1) is 12.0. The van der Waals surface area contributed by atoms with Crippen LogP contribution < -0.4 is 5.32 Å². The topological polar surface area (TPSA) is 79.3 Å². The van der Waals surface area contributed by atoms with Gasteiger partial charge in [-0.2, -0.15) is 4.39 Å². The van der Waals surface area contributed by atoms with Crippen LogP contribution in [-0.4, -0.2) is 28.5 Å². The number of aliphatic carboxylic acids is 1. The second-order valence-electron chi connectivity index (χ2n) is 2.86. The fraction of sp³-hybridized carbons (Fsp3) is 0.222. The van der Waals surface area contributed by atoms with Crippen LogP contribution in [0.3, 0.4) is 0 Å². The second-order valence-corrected chi connectivity index (χ2v) is 2.86. The molecular formula is C9H8F2N2O3. The minimum Gasteiger partial charge on any atom is -0.481 e. The molecule has 7 heteroatoms. The van der Waals surface area contributed by atoms with Crippen molar-refractivity contribution in [3.05, 3.63) is 29.6 Å². The number of carboxylic acids is 1. The molecule has 0 aliphatic rings. The van der Waals surface area contributed by atoms with Gasteiger partial charge in [0.05, 0.1) is 12.0 Å². The van der Waals surface area contributed by atoms with E-state index in [9.17, 15) is 18.4 Å². The number of carboxylic acid groups (broad SMARTS) is 1. The highest BCUT2D eigenvalue weighted by atomic mass is 19.2. The number of amides is 1. The molecule has 0 saturated carbocycles. The Morgan fingerprint density at radius 1 is 1.44 bits per heavy atom. The summed E-state index contributed by atoms with van der Waals surface area (Å²) in [6, 6.07) is 1.01. The molecule has 0 atom stereocenters. The third-order valence-corrected chi connectivity index (χ3v) is 1.72. The van der Waals surface area contributed by atoms with Crippen molar-refractivity contribution in [3.63, 3.8) is 0 Å². The molecule has 0 saturated heterocycles. The van der Waals surface area contributed by atoms with E-state index in [-0.39, 0.29) is 13.0 Å². The number of pyridine rings is 1. The van der Waals surface area contributed by atoms with Crippen LogP contribution in [0, 0.1) is 11.8 Å². The van der Waals surface area contributed by atoms with Gasteiger partial charge in [-0.05, 0) is 6.07 Å². The summed E-state index contributed by atoms with van der Waals surface area (Å²) in [5.41, 5.74) is -0.502. The van der Waals surface area contributed by atoms with E-state index in [1.54, 1.807) is 0 Å². The van der Waals surface area contributed by atoms with Crippen LogP contribution in [0.2, 0.25) is 0 Å². The number of carbonyl (C=O) groups is 2. The molecule has 1 amide bonds. The summed E-state index contributed by atoms with van der Waals surface area (Å²) in [6.45, 7) is -0.155. The van der Waals surface area contributed by atoms with E-state index < -0.39 is 29.2 Å². The lowest BCUT2D eigenvalue weighted by Crippen LogP contribution is -2.27. The molecule has 0 unspecified atom stereocenters. The van der Waals surface area contributed by atoms with Crippen molar-refractivity contribution in [3.8, 4) is 0 Å². The third-order valence-electron chi connectivity index (χ3n) is 1.72. The molecule has 0 spiro atoms. The molecule has 0 aliphatic carbocycles. The molecule has 0 radical (unpaired) electrons. The SMILES string of the molecule is O=C(O)CCNC(=O)c1ccnc(F)c1F. The Balaban J connectivity index is 2.66. The Hall–Kier alpha value is -2.05. The number of hydrogen-bond donors (Lipinski definition) is 2. The maximum Gasteiger partial charge on any atom is 0.305 e. The number of rotatable bonds is 4. The number of hydrogen-bond acceptors (Lipinski definition) is 3. The van der Waals surface area contributed by atoms with E-state index in [0.29, 0.717) is 0 Å². The highest BCUT2D eigenvalue weighted by Crippen LogP contribution is 2.08. The van der Waals surface area contributed by atoms with E-state index in [1.807, 2.05) is 0 Å². The summed E-state index contributed by atoms with van der Waals surface area (Å²) in [5.74, 6) is -4.69. The molecule has 0 aromatic carbocycles. The molecule has 1 aromatic rings. The van der Waals surface area contributed by atoms with Crippen molar-refractivity contribution < 1.29 is 23.5 Å². The average Bonchev–Trinajstić information content (AvgIpc) is 2.21. The van der Waals surface area contributed by atoms with E-state index in [0.717, 1.165) is 12.3 Å². The fourth-order valence-corrected chi connectivity index (χ4v) is 0.972. The Kier molecular flexibility index (Phi) is 3.87. The molecule has 86 valence electrons. The summed E-state index contributed by atoms with van der Waals surface area (Å²) in [4.78, 5) is 24.4. The minimum absolute atomic E-state index is 0.155. The maximum absolute atomic E-state index is 13.0. The smallest absolute Gasteiger partial charge is 0.305 e. The van der Waals surface area contributed by atoms with E-state index >= 15 is 0 Å². The molecule has 0 fully saturated rings. The van der Waals surface area contributed by atoms with E-state index in [2.05, 4.69) is 10.3 Å². The number of aromatic nitrogens is 1. The predicted octanol–water partition coefficient (Wildman–Crippen LogP) is 0.564. The number of nitrogens with zero attached hydrogens (tertiary/aromatic N) is 1. The third kappa shape index (κ3) is 2.97. The molecule has 0 bridgehead atoms. The zero-order valence-corrected chi connectivity index (χ0v) is 8.04. The summed E-state index contributed by atoms with van der Waals surface area (Å²) < 4.78 is 25.7. The van der Waals surface area contributed by atoms with Crippen molar-refractivity contribution >= 4 is 11.9 Å². The molecule has 1 aromatic heterocycles. The molecule has 16 heavy (non-hydrogen) atoms. The highest BCUT2D eigenvalue weighted by molar-refractivity contribution is 5.94. The van der Waals surface area contributed by atoms with Crippen LogP contribution >= 0.6 is 0 Å². The van der Waals surface area contributed by atoms with Crippen LogP contribution in [0.1, 0.15) is 16.8 Å². The standard InChI is InChI=1S/C9H8F2N2O3/c10-7-5(1-3-12-8(7)11)9(16)13-4-2-6(14)15/h1,3H,2,4H2,(H,13,16)(H,14,15). The lowest BCUT2D eigenvalue weighted by molar-refractivity contribution is -0.136. The largest absolute Gasteiger partial charge is 0.481 e. The van der Waals surface area contributed by atoms with Gasteiger partial charge in [0.1, 0.15) is 0 Å². The van der Waals surface area contributed by atoms with Gasteiger partial charge in [-0.1, -0.05) is 0 Å². The second kappa shape index (κ2) is 5.15. The van der Waals surface area contributed by atoms with Crippen LogP contribution in [0.4, 0.5) is 8.78 Å². The van der Waals surface area contributed by atoms with E-state index in [1.165, 1.54) is 0 Å². The van der Waals surface area contributed by atoms with Crippen molar-refractivity contribution in [2.24, 2.45) is 0 Å². The molecule has 2 N–H and O–H groups in total. The zero-order chi connectivity index (χ0) is 12.1. The van der Waals surface area contributed by atoms with Gasteiger partial charge in [-0.3, -0.25) is 9.59 Å². The van der Waals surface area contributed by atoms with Gasteiger partial charge < -0.3 is 10.4 Å². The van der Waals surface area contributed by atoms with Crippen molar-refractivity contribution in [1.82, 2.24) is 10.3 Å². The number of nitrogens with one attached hydrogen (secondary N) is 1. The van der Waals surface area contributed by atoms with Gasteiger partial charge in [-0.15, -0.1) is 0 Å². The van der Waals surface area contributed by atoms with Gasteiger partial charge in [0.25, 0.3) is 5.91 Å². The zero-order valence-electron chi connectivity index (χ0n) is 8.04. The maximum atomic E-state index is 13.0. The highest BCUT2D eigenvalue weighted by Gasteiger charge is 2.15. The Bertz CT molecular complexity index is 423. The quantitative estimate of drug-likeness (QED) is 0.741. The number of carbonyl (C=O) groups excluding carboxylic acids is 1. The van der Waals surface area contributed by atoms with Crippen LogP contribution in [0.5, 0.6) is 0 Å². The van der Waals surface area contributed by atoms with Crippen LogP contribution in [0.15, 0.2) is 12.3 Å². The Labute approximate surface area is 89.1 Å². The van der Waals surface area contributed by atoms with Crippen LogP contribution in [0.25, 0.3) is 0 Å². The van der Waals surface area contributed by atoms with Gasteiger partial charge in [0.2, 0.25) is 5.95 Å². The predicted molar refractivity (Wildman–Crippen MR) is 48.7 cm³/mol. The first-order valence-corrected chi connectivity index (χ1v) is 4.32. The van der Waals surface area contributed by atoms with Crippen molar-refractivity contribution in [2.75, 3.05) is 6.54 Å². The molecule has 1 rings (SSSR count). The fourth-order valence-electron chi connectivity index (χ4n) is 0.972. The van der Waals surface area contributed by atoms with Crippen LogP contribution in [-0.2, 0) is 4.79 Å². The summed E-state index contributed by atoms with van der Waals surface area (Å²) >= 11 is 0. The molecule has 1 heterocycles. The molecule has 5 nitrogen and oxygen atoms in total. The average molecular weight is 230 g/mol. The molecule has 0 aliphatic heterocycles. The monoisotopic (exact) mass is 230 g/mol. The van der Waals surface area contributed by atoms with Crippen molar-refractivity contribution in [1.29, 1.82) is 0 Å². The molecular weight excluding hydrogens is 222 g/mol. The first-order chi connectivity index (χ1) is 7.52. The lowest BCUT2D eigenvalue weighted by atomic mass is 10.2. The minimum atomic E-state index is -1.37. The first-order valence-electron chi connectivity index (χ1n) is 4.32. The van der Waals surface area contributed by atoms with Gasteiger partial charge in [0.15, 0.2) is 5.82 Å². The summed E-state index contributed by atoms with van der Waals surface area (Å²) in [7, 11) is 0. The summed E-state index contributed by atoms with van der Waals surface area (Å²) in [6.07, 6.45) is 0.658. The number of halogens is 2. The Morgan fingerprint density at radius 2 is 2.12 bits per heavy atom. The van der Waals surface area contributed by atoms with Gasteiger partial charge >= 0.3 is 5.97 Å². The van der Waals surface area contributed by atoms with E-state index in [4.69, 9.17) is 5.11 Å². The van der Waals surface area contributed by atoms with Gasteiger partial charge in [0, 0.05) is 12.7 Å². The lowest BCUT2D eigenvalue weighted by Gasteiger charge is -2.04. The van der Waals surface area contributed by atoms with Gasteiger partial charge in [-0.25, -0.2) is 9.37 Å². The summed E-state index contributed by atoms with van der Waals surface area (Å²) in [5, 5.41) is 10.4. The normalized spacial score (nSPS) is 9.88. The van der Waals surface area contributed by atoms with Crippen molar-refractivity contribution in [2.45, 2.75) is 6.42 Å². The Morgan fingerprint density at radius 3 is 2.75 bits per heavy atom.